The van der Waals surface area contributed by atoms with Crippen molar-refractivity contribution in [1.29, 1.82) is 0 Å². The number of imidazole rings is 1. The van der Waals surface area contributed by atoms with Crippen molar-refractivity contribution in [2.45, 2.75) is 45.1 Å². The molecule has 2 unspecified atom stereocenters. The summed E-state index contributed by atoms with van der Waals surface area (Å²) in [7, 11) is 2.07. The number of fused-ring (bicyclic) bond motifs is 3. The first-order chi connectivity index (χ1) is 16.7. The van der Waals surface area contributed by atoms with E-state index in [2.05, 4.69) is 44.3 Å². The highest BCUT2D eigenvalue weighted by Gasteiger charge is 2.35. The fraction of sp³-hybridized carbons (Fsp3) is 0.464. The average molecular weight is 454 g/mol. The highest BCUT2D eigenvalue weighted by molar-refractivity contribution is 5.98. The molecule has 0 spiro atoms. The van der Waals surface area contributed by atoms with Crippen LogP contribution in [0.5, 0.6) is 0 Å². The maximum Gasteiger partial charge on any atom is 0.253 e. The van der Waals surface area contributed by atoms with Crippen molar-refractivity contribution < 1.29 is 4.79 Å². The number of hydrogen-bond donors (Lipinski definition) is 0. The number of carbonyl (C=O) groups excluding carboxylic acids is 1. The molecule has 1 aromatic carbocycles. The maximum absolute atomic E-state index is 13.4. The van der Waals surface area contributed by atoms with Gasteiger partial charge in [0.2, 0.25) is 0 Å². The van der Waals surface area contributed by atoms with Crippen LogP contribution in [0.4, 0.5) is 0 Å². The zero-order valence-corrected chi connectivity index (χ0v) is 19.8. The molecule has 3 aliphatic rings. The van der Waals surface area contributed by atoms with Crippen molar-refractivity contribution in [3.63, 3.8) is 0 Å². The molecular weight excluding hydrogens is 422 g/mol. The Labute approximate surface area is 199 Å². The largest absolute Gasteiger partial charge is 0.338 e. The highest BCUT2D eigenvalue weighted by atomic mass is 16.2. The molecule has 0 N–H and O–H groups in total. The third-order valence-corrected chi connectivity index (χ3v) is 8.48. The predicted octanol–water partition coefficient (Wildman–Crippen LogP) is 5.26. The Kier molecular flexibility index (Phi) is 4.58. The second-order valence-electron chi connectivity index (χ2n) is 10.7. The smallest absolute Gasteiger partial charge is 0.253 e. The number of likely N-dealkylation sites (tertiary alicyclic amines) is 1. The molecule has 3 fully saturated rings. The summed E-state index contributed by atoms with van der Waals surface area (Å²) < 4.78 is 4.50. The van der Waals surface area contributed by atoms with Gasteiger partial charge in [0.1, 0.15) is 5.65 Å². The van der Waals surface area contributed by atoms with E-state index >= 15 is 0 Å². The topological polar surface area (TPSA) is 56.0 Å². The zero-order chi connectivity index (χ0) is 22.8. The highest BCUT2D eigenvalue weighted by Crippen LogP contribution is 2.38. The van der Waals surface area contributed by atoms with Gasteiger partial charge in [-0.3, -0.25) is 4.79 Å². The lowest BCUT2D eigenvalue weighted by molar-refractivity contribution is 0.0627. The number of amides is 1. The molecule has 6 heteroatoms. The number of hydrogen-bond acceptors (Lipinski definition) is 3. The van der Waals surface area contributed by atoms with Crippen LogP contribution >= 0.6 is 0 Å². The van der Waals surface area contributed by atoms with Gasteiger partial charge in [-0.2, -0.15) is 0 Å². The summed E-state index contributed by atoms with van der Waals surface area (Å²) in [5.74, 6) is 3.36. The number of piperidine rings is 1. The minimum Gasteiger partial charge on any atom is -0.338 e. The third-order valence-electron chi connectivity index (χ3n) is 8.48. The molecule has 1 amide bonds. The summed E-state index contributed by atoms with van der Waals surface area (Å²) in [6.07, 6.45) is 9.56. The molecular formula is C28H31N5O. The van der Waals surface area contributed by atoms with Gasteiger partial charge in [-0.15, -0.1) is 0 Å². The molecule has 2 saturated carbocycles. The second kappa shape index (κ2) is 7.69. The SMILES string of the molecule is Cn1c(-c2cc3cccnc3n2CC2CC2)nc2cc(C(=O)N3CCC4CCCC4C3)ccc21. The standard InChI is InChI=1S/C28H31N5O/c1-31-24-10-9-21(28(34)32-13-11-19-4-2-5-22(19)17-32)14-23(24)30-27(31)25-15-20-6-3-12-29-26(20)33(25)16-18-7-8-18/h3,6,9-10,12,14-15,18-19,22H,2,4-5,7-8,11,13,16-17H2,1H3. The second-order valence-corrected chi connectivity index (χ2v) is 10.7. The molecule has 2 atom stereocenters. The Morgan fingerprint density at radius 3 is 2.82 bits per heavy atom. The van der Waals surface area contributed by atoms with Crippen LogP contribution in [0.1, 0.15) is 48.9 Å². The van der Waals surface area contributed by atoms with Crippen LogP contribution in [-0.4, -0.2) is 43.0 Å². The van der Waals surface area contributed by atoms with E-state index in [1.807, 2.05) is 24.4 Å². The van der Waals surface area contributed by atoms with Gasteiger partial charge in [0.05, 0.1) is 16.7 Å². The monoisotopic (exact) mass is 453 g/mol. The predicted molar refractivity (Wildman–Crippen MR) is 134 cm³/mol. The van der Waals surface area contributed by atoms with E-state index in [1.165, 1.54) is 32.1 Å². The van der Waals surface area contributed by atoms with Crippen molar-refractivity contribution in [1.82, 2.24) is 24.0 Å². The molecule has 1 aliphatic heterocycles. The lowest BCUT2D eigenvalue weighted by Gasteiger charge is -2.35. The van der Waals surface area contributed by atoms with Crippen molar-refractivity contribution >= 4 is 28.0 Å². The summed E-state index contributed by atoms with van der Waals surface area (Å²) >= 11 is 0. The van der Waals surface area contributed by atoms with Gasteiger partial charge in [0, 0.05) is 43.8 Å². The van der Waals surface area contributed by atoms with E-state index in [0.29, 0.717) is 5.92 Å². The van der Waals surface area contributed by atoms with Crippen LogP contribution < -0.4 is 0 Å². The van der Waals surface area contributed by atoms with Crippen LogP contribution in [0, 0.1) is 17.8 Å². The Hall–Kier alpha value is -3.15. The minimum absolute atomic E-state index is 0.159. The Bertz CT molecular complexity index is 1410. The number of rotatable bonds is 4. The van der Waals surface area contributed by atoms with Gasteiger partial charge in [-0.25, -0.2) is 9.97 Å². The molecule has 7 rings (SSSR count). The van der Waals surface area contributed by atoms with Gasteiger partial charge in [0.25, 0.3) is 5.91 Å². The quantitative estimate of drug-likeness (QED) is 0.423. The number of carbonyl (C=O) groups is 1. The molecule has 34 heavy (non-hydrogen) atoms. The van der Waals surface area contributed by atoms with E-state index in [1.54, 1.807) is 0 Å². The lowest BCUT2D eigenvalue weighted by Crippen LogP contribution is -2.42. The number of nitrogens with zero attached hydrogens (tertiary/aromatic N) is 5. The molecule has 0 radical (unpaired) electrons. The first kappa shape index (κ1) is 20.2. The van der Waals surface area contributed by atoms with E-state index in [0.717, 1.165) is 77.0 Å². The number of pyridine rings is 1. The van der Waals surface area contributed by atoms with Gasteiger partial charge in [0.15, 0.2) is 5.82 Å². The minimum atomic E-state index is 0.159. The molecule has 1 saturated heterocycles. The lowest BCUT2D eigenvalue weighted by atomic mass is 9.88. The van der Waals surface area contributed by atoms with Crippen LogP contribution in [-0.2, 0) is 13.6 Å². The zero-order valence-electron chi connectivity index (χ0n) is 19.8. The van der Waals surface area contributed by atoms with Gasteiger partial charge < -0.3 is 14.0 Å². The summed E-state index contributed by atoms with van der Waals surface area (Å²) in [6, 6.07) is 12.4. The molecule has 2 aliphatic carbocycles. The fourth-order valence-corrected chi connectivity index (χ4v) is 6.37. The summed E-state index contributed by atoms with van der Waals surface area (Å²) in [5, 5.41) is 1.15. The van der Waals surface area contributed by atoms with E-state index in [4.69, 9.17) is 4.98 Å². The van der Waals surface area contributed by atoms with E-state index < -0.39 is 0 Å². The normalized spacial score (nSPS) is 22.6. The summed E-state index contributed by atoms with van der Waals surface area (Å²) in [6.45, 7) is 2.79. The maximum atomic E-state index is 13.4. The van der Waals surface area contributed by atoms with E-state index in [-0.39, 0.29) is 5.91 Å². The molecule has 0 bridgehead atoms. The third kappa shape index (κ3) is 3.26. The first-order valence-electron chi connectivity index (χ1n) is 12.9. The number of aryl methyl sites for hydroxylation is 1. The van der Waals surface area contributed by atoms with E-state index in [9.17, 15) is 4.79 Å². The Morgan fingerprint density at radius 1 is 1.06 bits per heavy atom. The van der Waals surface area contributed by atoms with Crippen molar-refractivity contribution in [2.75, 3.05) is 13.1 Å². The molecule has 4 heterocycles. The molecule has 6 nitrogen and oxygen atoms in total. The average Bonchev–Trinajstić information content (AvgIpc) is 3.29. The van der Waals surface area contributed by atoms with Crippen LogP contribution in [0.3, 0.4) is 0 Å². The van der Waals surface area contributed by atoms with Gasteiger partial charge in [-0.05, 0) is 79.8 Å². The molecule has 174 valence electrons. The van der Waals surface area contributed by atoms with Crippen LogP contribution in [0.15, 0.2) is 42.6 Å². The Morgan fingerprint density at radius 2 is 1.94 bits per heavy atom. The summed E-state index contributed by atoms with van der Waals surface area (Å²) in [4.78, 5) is 25.2. The van der Waals surface area contributed by atoms with Crippen molar-refractivity contribution in [3.8, 4) is 11.5 Å². The van der Waals surface area contributed by atoms with Gasteiger partial charge in [-0.1, -0.05) is 12.8 Å². The van der Waals surface area contributed by atoms with Gasteiger partial charge >= 0.3 is 0 Å². The Balaban J connectivity index is 1.25. The van der Waals surface area contributed by atoms with Crippen LogP contribution in [0.2, 0.25) is 0 Å². The number of benzene rings is 1. The van der Waals surface area contributed by atoms with Crippen LogP contribution in [0.25, 0.3) is 33.6 Å². The van der Waals surface area contributed by atoms with Crippen molar-refractivity contribution in [3.05, 3.63) is 48.2 Å². The molecule has 3 aromatic heterocycles. The summed E-state index contributed by atoms with van der Waals surface area (Å²) in [5.41, 5.74) is 4.83. The number of aromatic nitrogens is 4. The fourth-order valence-electron chi connectivity index (χ4n) is 6.37. The molecule has 4 aromatic rings. The van der Waals surface area contributed by atoms with Crippen molar-refractivity contribution in [2.24, 2.45) is 24.8 Å². The first-order valence-corrected chi connectivity index (χ1v) is 12.9.